The Labute approximate surface area is 177 Å². The molecule has 3 rings (SSSR count). The Bertz CT molecular complexity index is 1010. The van der Waals surface area contributed by atoms with Gasteiger partial charge in [-0.3, -0.25) is 14.9 Å². The average molecular weight is 464 g/mol. The van der Waals surface area contributed by atoms with Crippen molar-refractivity contribution in [2.75, 3.05) is 6.26 Å². The molecule has 0 radical (unpaired) electrons. The number of thiophene rings is 1. The van der Waals surface area contributed by atoms with Gasteiger partial charge in [-0.1, -0.05) is 23.2 Å². The number of pyridine rings is 1. The molecular weight excluding hydrogens is 445 g/mol. The van der Waals surface area contributed by atoms with Crippen LogP contribution in [-0.4, -0.2) is 35.9 Å². The quantitative estimate of drug-likeness (QED) is 0.233. The van der Waals surface area contributed by atoms with Crippen molar-refractivity contribution in [3.63, 3.8) is 0 Å². The van der Waals surface area contributed by atoms with Gasteiger partial charge in [0.05, 0.1) is 27.0 Å². The molecule has 0 amide bonds. The van der Waals surface area contributed by atoms with Crippen molar-refractivity contribution in [3.8, 4) is 0 Å². The van der Waals surface area contributed by atoms with Gasteiger partial charge in [-0.25, -0.2) is 5.43 Å². The van der Waals surface area contributed by atoms with E-state index >= 15 is 0 Å². The summed E-state index contributed by atoms with van der Waals surface area (Å²) < 4.78 is 26.5. The van der Waals surface area contributed by atoms with Crippen molar-refractivity contribution in [1.82, 2.24) is 10.4 Å². The van der Waals surface area contributed by atoms with Gasteiger partial charge < -0.3 is 5.73 Å². The first kappa shape index (κ1) is 22.6. The van der Waals surface area contributed by atoms with E-state index in [-0.39, 0.29) is 11.9 Å². The van der Waals surface area contributed by atoms with Crippen LogP contribution in [0.2, 0.25) is 9.36 Å². The third-order valence-electron chi connectivity index (χ3n) is 3.77. The molecule has 152 valence electrons. The molecule has 0 saturated carbocycles. The van der Waals surface area contributed by atoms with Gasteiger partial charge in [0.1, 0.15) is 0 Å². The summed E-state index contributed by atoms with van der Waals surface area (Å²) in [7, 11) is -3.67. The maximum atomic E-state index is 9.19. The molecule has 1 aliphatic carbocycles. The third kappa shape index (κ3) is 6.42. The third-order valence-corrected chi connectivity index (χ3v) is 5.62. The number of rotatable bonds is 2. The lowest BCUT2D eigenvalue weighted by Gasteiger charge is -2.26. The van der Waals surface area contributed by atoms with E-state index in [2.05, 4.69) is 15.5 Å². The van der Waals surface area contributed by atoms with Crippen LogP contribution in [0, 0.1) is 12.3 Å². The minimum atomic E-state index is -3.67. The minimum absolute atomic E-state index is 0.161. The molecule has 0 bridgehead atoms. The van der Waals surface area contributed by atoms with Crippen LogP contribution in [0.5, 0.6) is 0 Å². The van der Waals surface area contributed by atoms with Gasteiger partial charge >= 0.3 is 0 Å². The molecule has 12 heteroatoms. The number of nitrogens with one attached hydrogen (secondary N) is 2. The van der Waals surface area contributed by atoms with Gasteiger partial charge in [0.2, 0.25) is 5.96 Å². The first-order chi connectivity index (χ1) is 13.0. The monoisotopic (exact) mass is 463 g/mol. The molecule has 0 aromatic carbocycles. The van der Waals surface area contributed by atoms with E-state index in [4.69, 9.17) is 38.9 Å². The van der Waals surface area contributed by atoms with Gasteiger partial charge in [-0.15, -0.1) is 11.3 Å². The lowest BCUT2D eigenvalue weighted by molar-refractivity contribution is 0.490. The van der Waals surface area contributed by atoms with Gasteiger partial charge in [-0.05, 0) is 31.0 Å². The van der Waals surface area contributed by atoms with Crippen molar-refractivity contribution in [3.05, 3.63) is 49.4 Å². The molecule has 2 aromatic rings. The summed E-state index contributed by atoms with van der Waals surface area (Å²) in [6, 6.07) is 3.73. The maximum absolute atomic E-state index is 9.19. The molecule has 0 saturated heterocycles. The number of hydrogen-bond donors (Lipinski definition) is 4. The molecule has 1 atom stereocenters. The van der Waals surface area contributed by atoms with Crippen molar-refractivity contribution in [2.24, 2.45) is 10.8 Å². The lowest BCUT2D eigenvalue weighted by Crippen LogP contribution is -2.29. The highest BCUT2D eigenvalue weighted by molar-refractivity contribution is 7.85. The Morgan fingerprint density at radius 1 is 1.46 bits per heavy atom. The number of guanidine groups is 1. The second kappa shape index (κ2) is 9.19. The zero-order valence-corrected chi connectivity index (χ0v) is 18.2. The fourth-order valence-electron chi connectivity index (χ4n) is 2.85. The summed E-state index contributed by atoms with van der Waals surface area (Å²) in [5.74, 6) is -0.0331. The molecule has 1 unspecified atom stereocenters. The molecule has 28 heavy (non-hydrogen) atoms. The minimum Gasteiger partial charge on any atom is -0.369 e. The van der Waals surface area contributed by atoms with E-state index in [1.165, 1.54) is 11.3 Å². The zero-order chi connectivity index (χ0) is 21.1. The molecule has 0 fully saturated rings. The number of nitrogens with two attached hydrogens (primary N) is 1. The van der Waals surface area contributed by atoms with E-state index in [0.717, 1.165) is 33.8 Å². The Hall–Kier alpha value is -1.72. The summed E-state index contributed by atoms with van der Waals surface area (Å²) in [6.07, 6.45) is 3.99. The molecule has 5 N–H and O–H groups in total. The van der Waals surface area contributed by atoms with Crippen LogP contribution in [0.3, 0.4) is 0 Å². The normalized spacial score (nSPS) is 17.5. The van der Waals surface area contributed by atoms with Gasteiger partial charge in [-0.2, -0.15) is 13.5 Å². The standard InChI is InChI=1S/C15H15Cl2N5S.CH4O3S/c1-7-2-3-20-10-4-8(14-9(16)6-12(17)23-14)5-11(13(7)10)21-22-15(18)19;1-5(2,3)4/h2-3,6,8H,4-5H2,1H3,(H4,18,19,22);1H3,(H,2,3,4). The topological polar surface area (TPSA) is 142 Å². The molecular formula is C16H19Cl2N5O3S2. The Balaban J connectivity index is 0.000000500. The molecule has 0 aliphatic heterocycles. The predicted octanol–water partition coefficient (Wildman–Crippen LogP) is 3.18. The average Bonchev–Trinajstić information content (AvgIpc) is 2.89. The van der Waals surface area contributed by atoms with Crippen LogP contribution in [-0.2, 0) is 16.5 Å². The zero-order valence-electron chi connectivity index (χ0n) is 15.0. The van der Waals surface area contributed by atoms with E-state index in [1.54, 1.807) is 12.3 Å². The van der Waals surface area contributed by atoms with Crippen LogP contribution < -0.4 is 11.2 Å². The van der Waals surface area contributed by atoms with Crippen LogP contribution >= 0.6 is 34.5 Å². The van der Waals surface area contributed by atoms with Crippen LogP contribution in [0.25, 0.3) is 0 Å². The fraction of sp³-hybridized carbons (Fsp3) is 0.312. The summed E-state index contributed by atoms with van der Waals surface area (Å²) in [5.41, 5.74) is 11.8. The highest BCUT2D eigenvalue weighted by Crippen LogP contribution is 2.42. The molecule has 2 heterocycles. The van der Waals surface area contributed by atoms with Gasteiger partial charge in [0.25, 0.3) is 10.1 Å². The van der Waals surface area contributed by atoms with Crippen LogP contribution in [0.1, 0.15) is 34.0 Å². The Morgan fingerprint density at radius 3 is 2.64 bits per heavy atom. The van der Waals surface area contributed by atoms with Crippen molar-refractivity contribution in [1.29, 1.82) is 5.41 Å². The largest absolute Gasteiger partial charge is 0.369 e. The van der Waals surface area contributed by atoms with Crippen molar-refractivity contribution < 1.29 is 13.0 Å². The summed E-state index contributed by atoms with van der Waals surface area (Å²) >= 11 is 13.9. The van der Waals surface area contributed by atoms with E-state index < -0.39 is 10.1 Å². The number of fused-ring (bicyclic) bond motifs is 1. The summed E-state index contributed by atoms with van der Waals surface area (Å²) in [4.78, 5) is 5.55. The first-order valence-corrected chi connectivity index (χ1v) is 11.4. The molecule has 8 nitrogen and oxygen atoms in total. The maximum Gasteiger partial charge on any atom is 0.261 e. The van der Waals surface area contributed by atoms with E-state index in [1.807, 2.05) is 13.0 Å². The van der Waals surface area contributed by atoms with Crippen LogP contribution in [0.4, 0.5) is 0 Å². The number of hydrogen-bond acceptors (Lipinski definition) is 6. The number of nitrogens with zero attached hydrogens (tertiary/aromatic N) is 2. The smallest absolute Gasteiger partial charge is 0.261 e. The highest BCUT2D eigenvalue weighted by Gasteiger charge is 2.29. The lowest BCUT2D eigenvalue weighted by atomic mass is 9.83. The van der Waals surface area contributed by atoms with Gasteiger partial charge in [0.15, 0.2) is 0 Å². The Kier molecular flexibility index (Phi) is 7.40. The number of halogens is 2. The van der Waals surface area contributed by atoms with Gasteiger partial charge in [0, 0.05) is 29.0 Å². The molecule has 0 spiro atoms. The summed E-state index contributed by atoms with van der Waals surface area (Å²) in [5, 5.41) is 12.3. The molecule has 2 aromatic heterocycles. The predicted molar refractivity (Wildman–Crippen MR) is 113 cm³/mol. The van der Waals surface area contributed by atoms with E-state index in [0.29, 0.717) is 22.0 Å². The second-order valence-electron chi connectivity index (χ2n) is 6.13. The Morgan fingerprint density at radius 2 is 2.11 bits per heavy atom. The van der Waals surface area contributed by atoms with Crippen LogP contribution in [0.15, 0.2) is 23.4 Å². The van der Waals surface area contributed by atoms with Crippen molar-refractivity contribution in [2.45, 2.75) is 25.7 Å². The van der Waals surface area contributed by atoms with Crippen molar-refractivity contribution >= 4 is 56.3 Å². The number of aromatic nitrogens is 1. The first-order valence-electron chi connectivity index (χ1n) is 7.94. The highest BCUT2D eigenvalue weighted by atomic mass is 35.5. The number of hydrazone groups is 1. The SMILES string of the molecule is CS(=O)(=O)O.Cc1ccnc2c1C(=NNC(=N)N)CC(c1sc(Cl)cc1Cl)C2. The van der Waals surface area contributed by atoms with E-state index in [9.17, 15) is 8.42 Å². The second-order valence-corrected chi connectivity index (χ2v) is 9.72. The molecule has 1 aliphatic rings. The summed E-state index contributed by atoms with van der Waals surface area (Å²) in [6.45, 7) is 2.03. The fourth-order valence-corrected chi connectivity index (χ4v) is 4.59. The number of aryl methyl sites for hydroxylation is 1.